The third-order valence-electron chi connectivity index (χ3n) is 14.1. The Morgan fingerprint density at radius 1 is 0.539 bits per heavy atom. The van der Waals surface area contributed by atoms with Crippen molar-refractivity contribution in [1.29, 1.82) is 0 Å². The molecular weight excluding hydrogens is 1840 g/mol. The molecule has 466 valence electrons. The second kappa shape index (κ2) is 35.2. The molecule has 0 atom stereocenters. The van der Waals surface area contributed by atoms with Gasteiger partial charge in [-0.05, 0) is 85.6 Å². The molecule has 9 nitrogen and oxygen atoms in total. The van der Waals surface area contributed by atoms with Gasteiger partial charge in [-0.3, -0.25) is 28.1 Å². The molecule has 1 saturated carbocycles. The monoisotopic (exact) mass is 1910 g/mol. The molecular formula is C71H61F5Ir4N9-5. The molecule has 0 unspecified atom stereocenters. The summed E-state index contributed by atoms with van der Waals surface area (Å²) in [5.41, 5.74) is 13.0. The smallest absolute Gasteiger partial charge is 0.367 e. The topological polar surface area (TPSA) is 84.2 Å². The summed E-state index contributed by atoms with van der Waals surface area (Å²) in [6.45, 7) is 8.27. The van der Waals surface area contributed by atoms with Crippen LogP contribution in [0.25, 0.3) is 67.9 Å². The largest absolute Gasteiger partial charge is 0.381 e. The van der Waals surface area contributed by atoms with Crippen LogP contribution < -0.4 is 0 Å². The van der Waals surface area contributed by atoms with E-state index in [1.165, 1.54) is 60.3 Å². The first-order valence-electron chi connectivity index (χ1n) is 27.7. The molecule has 1 fully saturated rings. The third kappa shape index (κ3) is 19.4. The van der Waals surface area contributed by atoms with E-state index in [-0.39, 0.29) is 86.1 Å². The van der Waals surface area contributed by atoms with Crippen molar-refractivity contribution in [2.45, 2.75) is 72.0 Å². The van der Waals surface area contributed by atoms with Gasteiger partial charge in [0.15, 0.2) is 0 Å². The Morgan fingerprint density at radius 2 is 1.21 bits per heavy atom. The van der Waals surface area contributed by atoms with Crippen LogP contribution in [0, 0.1) is 69.7 Å². The Hall–Kier alpha value is -7.22. The van der Waals surface area contributed by atoms with Gasteiger partial charge >= 0.3 is 6.18 Å². The molecule has 5 heterocycles. The summed E-state index contributed by atoms with van der Waals surface area (Å²) >= 11 is 0. The zero-order valence-electron chi connectivity index (χ0n) is 49.1. The Labute approximate surface area is 571 Å². The van der Waals surface area contributed by atoms with E-state index in [1.54, 1.807) is 24.7 Å². The normalized spacial score (nSPS) is 11.5. The predicted octanol–water partition coefficient (Wildman–Crippen LogP) is 17.5. The standard InChI is InChI=1S/C19H16F3N2.C16H19N2.C16H13N2.C11H8N.C9H5F2N2.4Ir/c1-12-5-4-6-13(2)17(12)16-11-23-18(24(16)3)14-7-9-15(10-8-14)19(20,21)22;1-13-12-17-16(14-8-4-2-5-9-14)18(13)15-10-6-3-7-11-15;1-13-7-9-15(10-8-13)18-16(11-12-17-18)14-5-3-2-4-6-14;1-2-6-10(7-3-1)11-8-4-5-9-12-11;10-7-2-3-9(8(11)6-7)13-5-1-4-12-13;;;;/h4-7,9-11H,1-3H3;2,4-5,8,12,15H,3,6-7,10-11H2,1H3;2-9,11-12H,1H3;1-6,8-9H;1-2,4-6H;;;;/q5*-1;;;;. The first-order chi connectivity index (χ1) is 41.2. The molecule has 0 bridgehead atoms. The van der Waals surface area contributed by atoms with Gasteiger partial charge in [0.25, 0.3) is 0 Å². The zero-order chi connectivity index (χ0) is 59.7. The van der Waals surface area contributed by atoms with Gasteiger partial charge in [0.2, 0.25) is 0 Å². The average molecular weight is 1900 g/mol. The van der Waals surface area contributed by atoms with Crippen LogP contribution in [-0.2, 0) is 93.6 Å². The van der Waals surface area contributed by atoms with Gasteiger partial charge in [0.05, 0.1) is 23.0 Å². The SMILES string of the molecule is Cc1c[c-]c(-n2nccc2-c2ccccc2)cc1.Cc1cccc(C)c1-c1cnc(-c2[c-]cc(C(F)(F)F)cc2)n1C.Cc1cnc(-c2[c-]cccc2)n1C1CCCCC1.Fc1c[c-]c(-n2cccn2)c(F)c1.[Ir].[Ir].[Ir].[Ir].[c-]1ccccc1-c1ccccn1. The molecule has 13 rings (SSSR count). The number of benzene rings is 7. The number of hydrogen-bond acceptors (Lipinski definition) is 5. The molecule has 7 aromatic carbocycles. The molecule has 0 aliphatic heterocycles. The second-order valence-electron chi connectivity index (χ2n) is 20.1. The molecule has 4 radical (unpaired) electrons. The third-order valence-corrected chi connectivity index (χ3v) is 14.1. The van der Waals surface area contributed by atoms with Crippen molar-refractivity contribution in [3.8, 4) is 67.9 Å². The molecule has 0 N–H and O–H groups in total. The minimum atomic E-state index is -4.36. The van der Waals surface area contributed by atoms with E-state index >= 15 is 0 Å². The first-order valence-corrected chi connectivity index (χ1v) is 27.7. The molecule has 0 amide bonds. The van der Waals surface area contributed by atoms with Gasteiger partial charge in [0.1, 0.15) is 0 Å². The number of aryl methyl sites for hydroxylation is 4. The number of alkyl halides is 3. The number of aromatic nitrogens is 9. The number of hydrogen-bond donors (Lipinski definition) is 0. The zero-order valence-corrected chi connectivity index (χ0v) is 58.6. The molecule has 5 aromatic heterocycles. The quantitative estimate of drug-likeness (QED) is 0.112. The molecule has 1 aliphatic carbocycles. The summed E-state index contributed by atoms with van der Waals surface area (Å²) < 4.78 is 71.1. The van der Waals surface area contributed by atoms with Gasteiger partial charge in [-0.1, -0.05) is 86.8 Å². The van der Waals surface area contributed by atoms with Crippen LogP contribution in [0.1, 0.15) is 66.1 Å². The second-order valence-corrected chi connectivity index (χ2v) is 20.1. The van der Waals surface area contributed by atoms with E-state index in [2.05, 4.69) is 104 Å². The average Bonchev–Trinajstić information content (AvgIpc) is 3.61. The van der Waals surface area contributed by atoms with E-state index in [0.717, 1.165) is 86.2 Å². The minimum absolute atomic E-state index is 0. The molecule has 1 aliphatic rings. The summed E-state index contributed by atoms with van der Waals surface area (Å²) in [6, 6.07) is 68.6. The van der Waals surface area contributed by atoms with Crippen LogP contribution in [-0.4, -0.2) is 43.6 Å². The van der Waals surface area contributed by atoms with Crippen LogP contribution >= 0.6 is 0 Å². The molecule has 0 saturated heterocycles. The minimum Gasteiger partial charge on any atom is -0.367 e. The van der Waals surface area contributed by atoms with Gasteiger partial charge in [-0.15, -0.1) is 120 Å². The van der Waals surface area contributed by atoms with Gasteiger partial charge in [-0.2, -0.15) is 53.2 Å². The van der Waals surface area contributed by atoms with Gasteiger partial charge < -0.3 is 14.1 Å². The Morgan fingerprint density at radius 3 is 1.81 bits per heavy atom. The fourth-order valence-electron chi connectivity index (χ4n) is 9.87. The summed E-state index contributed by atoms with van der Waals surface area (Å²) in [4.78, 5) is 13.2. The van der Waals surface area contributed by atoms with Crippen LogP contribution in [0.3, 0.4) is 0 Å². The van der Waals surface area contributed by atoms with Crippen molar-refractivity contribution in [3.05, 3.63) is 283 Å². The number of rotatable bonds is 8. The van der Waals surface area contributed by atoms with Crippen LogP contribution in [0.5, 0.6) is 0 Å². The van der Waals surface area contributed by atoms with Crippen molar-refractivity contribution in [3.63, 3.8) is 0 Å². The number of imidazole rings is 2. The number of halogens is 5. The van der Waals surface area contributed by atoms with E-state index in [0.29, 0.717) is 17.4 Å². The first kappa shape index (κ1) is 72.5. The maximum Gasteiger partial charge on any atom is 0.381 e. The summed E-state index contributed by atoms with van der Waals surface area (Å²) in [5.74, 6) is 0.346. The van der Waals surface area contributed by atoms with E-state index in [9.17, 15) is 22.0 Å². The maximum absolute atomic E-state index is 13.1. The predicted molar refractivity (Wildman–Crippen MR) is 324 cm³/mol. The number of nitrogens with zero attached hydrogens (tertiary/aromatic N) is 9. The Bertz CT molecular complexity index is 3930. The molecule has 89 heavy (non-hydrogen) atoms. The van der Waals surface area contributed by atoms with Gasteiger partial charge in [-0.25, -0.2) is 0 Å². The molecule has 12 aromatic rings. The Kier molecular flexibility index (Phi) is 28.7. The van der Waals surface area contributed by atoms with Gasteiger partial charge in [0, 0.05) is 159 Å². The van der Waals surface area contributed by atoms with E-state index < -0.39 is 23.4 Å². The van der Waals surface area contributed by atoms with Crippen LogP contribution in [0.4, 0.5) is 22.0 Å². The van der Waals surface area contributed by atoms with E-state index in [4.69, 9.17) is 0 Å². The van der Waals surface area contributed by atoms with Crippen LogP contribution in [0.15, 0.2) is 213 Å². The van der Waals surface area contributed by atoms with Crippen molar-refractivity contribution in [2.75, 3.05) is 0 Å². The maximum atomic E-state index is 13.1. The number of pyridine rings is 1. The van der Waals surface area contributed by atoms with Crippen molar-refractivity contribution >= 4 is 0 Å². The fourth-order valence-corrected chi connectivity index (χ4v) is 9.87. The van der Waals surface area contributed by atoms with Crippen molar-refractivity contribution in [1.82, 2.24) is 43.6 Å². The summed E-state index contributed by atoms with van der Waals surface area (Å²) in [7, 11) is 1.86. The summed E-state index contributed by atoms with van der Waals surface area (Å²) in [6.07, 6.45) is 12.7. The van der Waals surface area contributed by atoms with Crippen molar-refractivity contribution in [2.24, 2.45) is 7.05 Å². The fraction of sp³-hybridized carbons (Fsp3) is 0.169. The summed E-state index contributed by atoms with van der Waals surface area (Å²) in [5, 5.41) is 8.18. The molecule has 0 spiro atoms. The van der Waals surface area contributed by atoms with Crippen LogP contribution in [0.2, 0.25) is 0 Å². The Balaban J connectivity index is 0.000000204. The molecule has 18 heteroatoms. The van der Waals surface area contributed by atoms with Crippen molar-refractivity contribution < 1.29 is 102 Å². The van der Waals surface area contributed by atoms with E-state index in [1.807, 2.05) is 152 Å².